The molecule has 1 aliphatic heterocycles. The Morgan fingerprint density at radius 2 is 1.82 bits per heavy atom. The van der Waals surface area contributed by atoms with Crippen molar-refractivity contribution in [1.82, 2.24) is 25.1 Å². The highest BCUT2D eigenvalue weighted by atomic mass is 32.2. The van der Waals surface area contributed by atoms with Gasteiger partial charge in [0.05, 0.1) is 31.6 Å². The maximum absolute atomic E-state index is 12.6. The molecule has 0 radical (unpaired) electrons. The zero-order valence-electron chi connectivity index (χ0n) is 15.4. The first-order valence-electron chi connectivity index (χ1n) is 9.22. The largest absolute Gasteiger partial charge is 0.334 e. The number of amides is 1. The van der Waals surface area contributed by atoms with E-state index in [1.807, 2.05) is 53.6 Å². The molecule has 8 nitrogen and oxygen atoms in total. The summed E-state index contributed by atoms with van der Waals surface area (Å²) in [6.45, 7) is 3.68. The first-order valence-corrected chi connectivity index (χ1v) is 10.2. The third-order valence-electron chi connectivity index (χ3n) is 4.66. The number of pyridine rings is 1. The Morgan fingerprint density at radius 3 is 2.57 bits per heavy atom. The number of nitrogens with zero attached hydrogens (tertiary/aromatic N) is 6. The Balaban J connectivity index is 1.28. The fraction of sp³-hybridized carbons (Fsp3) is 0.316. The number of piperazine rings is 1. The molecule has 144 valence electrons. The van der Waals surface area contributed by atoms with Crippen molar-refractivity contribution in [2.24, 2.45) is 0 Å². The second-order valence-corrected chi connectivity index (χ2v) is 7.45. The third-order valence-corrected chi connectivity index (χ3v) is 5.61. The lowest BCUT2D eigenvalue weighted by atomic mass is 10.2. The summed E-state index contributed by atoms with van der Waals surface area (Å²) in [5.41, 5.74) is 1.12. The molecule has 1 amide bonds. The molecule has 9 heteroatoms. The van der Waals surface area contributed by atoms with Gasteiger partial charge in [-0.25, -0.2) is 9.67 Å². The lowest BCUT2D eigenvalue weighted by Gasteiger charge is -2.30. The third kappa shape index (κ3) is 4.48. The summed E-state index contributed by atoms with van der Waals surface area (Å²) in [6.07, 6.45) is 1.92. The van der Waals surface area contributed by atoms with Crippen LogP contribution >= 0.6 is 11.8 Å². The second-order valence-electron chi connectivity index (χ2n) is 6.51. The van der Waals surface area contributed by atoms with Gasteiger partial charge in [0, 0.05) is 6.07 Å². The van der Waals surface area contributed by atoms with Gasteiger partial charge in [-0.05, 0) is 22.1 Å². The van der Waals surface area contributed by atoms with E-state index < -0.39 is 0 Å². The van der Waals surface area contributed by atoms with Crippen LogP contribution in [-0.4, -0.2) is 62.9 Å². The van der Waals surface area contributed by atoms with E-state index in [9.17, 15) is 4.79 Å². The zero-order chi connectivity index (χ0) is 19.2. The minimum absolute atomic E-state index is 0.121. The molecule has 1 N–H and O–H groups in total. The lowest BCUT2D eigenvalue weighted by molar-refractivity contribution is -0.364. The smallest absolute Gasteiger partial charge is 0.274 e. The van der Waals surface area contributed by atoms with Gasteiger partial charge in [0.15, 0.2) is 0 Å². The van der Waals surface area contributed by atoms with Gasteiger partial charge in [-0.15, -0.1) is 5.10 Å². The first-order chi connectivity index (χ1) is 13.8. The van der Waals surface area contributed by atoms with Crippen LogP contribution in [0.5, 0.6) is 0 Å². The van der Waals surface area contributed by atoms with Crippen LogP contribution in [0.3, 0.4) is 0 Å². The van der Waals surface area contributed by atoms with Crippen molar-refractivity contribution in [3.8, 4) is 0 Å². The van der Waals surface area contributed by atoms with Gasteiger partial charge in [-0.3, -0.25) is 9.69 Å². The standard InChI is InChI=1S/C19H21N7OS/c27-18(25-12-10-24(11-13-25)17-8-4-5-9-20-17)15-28-19-21-22-23-26(19)14-16-6-2-1-3-7-16/h1-9H,10-15H2/p+1. The molecule has 0 unspecified atom stereocenters. The second kappa shape index (κ2) is 8.83. The summed E-state index contributed by atoms with van der Waals surface area (Å²) in [4.78, 5) is 20.0. The number of hydrogen-bond acceptors (Lipinski definition) is 6. The molecule has 0 atom stereocenters. The quantitative estimate of drug-likeness (QED) is 0.578. The van der Waals surface area contributed by atoms with Gasteiger partial charge in [-0.1, -0.05) is 48.2 Å². The lowest BCUT2D eigenvalue weighted by Crippen LogP contribution is -2.50. The number of nitrogens with one attached hydrogen (secondary N) is 1. The number of aromatic amines is 1. The molecule has 1 fully saturated rings. The highest BCUT2D eigenvalue weighted by molar-refractivity contribution is 7.99. The van der Waals surface area contributed by atoms with Crippen molar-refractivity contribution in [2.45, 2.75) is 11.7 Å². The van der Waals surface area contributed by atoms with E-state index >= 15 is 0 Å². The number of tetrazole rings is 1. The normalized spacial score (nSPS) is 14.3. The molecule has 0 bridgehead atoms. The van der Waals surface area contributed by atoms with Crippen molar-refractivity contribution in [2.75, 3.05) is 36.8 Å². The van der Waals surface area contributed by atoms with Crippen molar-refractivity contribution >= 4 is 23.5 Å². The van der Waals surface area contributed by atoms with E-state index in [1.165, 1.54) is 11.8 Å². The van der Waals surface area contributed by atoms with E-state index in [4.69, 9.17) is 0 Å². The summed E-state index contributed by atoms with van der Waals surface area (Å²) < 4.78 is 1.73. The minimum atomic E-state index is 0.121. The van der Waals surface area contributed by atoms with Crippen LogP contribution in [0.4, 0.5) is 5.82 Å². The van der Waals surface area contributed by atoms with Gasteiger partial charge in [-0.2, -0.15) is 0 Å². The van der Waals surface area contributed by atoms with Gasteiger partial charge in [0.1, 0.15) is 13.1 Å². The summed E-state index contributed by atoms with van der Waals surface area (Å²) in [5, 5.41) is 12.5. The predicted octanol–water partition coefficient (Wildman–Crippen LogP) is 0.976. The fourth-order valence-corrected chi connectivity index (χ4v) is 3.93. The Labute approximate surface area is 167 Å². The van der Waals surface area contributed by atoms with Gasteiger partial charge >= 0.3 is 0 Å². The molecule has 1 aromatic carbocycles. The van der Waals surface area contributed by atoms with E-state index in [1.54, 1.807) is 4.68 Å². The molecule has 4 rings (SSSR count). The highest BCUT2D eigenvalue weighted by Crippen LogP contribution is 2.17. The summed E-state index contributed by atoms with van der Waals surface area (Å²) in [5.74, 6) is 1.55. The number of rotatable bonds is 6. The van der Waals surface area contributed by atoms with Crippen LogP contribution in [0.15, 0.2) is 59.9 Å². The number of benzene rings is 1. The molecule has 0 aliphatic carbocycles. The van der Waals surface area contributed by atoms with E-state index in [0.29, 0.717) is 17.5 Å². The van der Waals surface area contributed by atoms with Crippen LogP contribution in [0.25, 0.3) is 0 Å². The maximum atomic E-state index is 12.6. The average Bonchev–Trinajstić information content (AvgIpc) is 3.20. The average molecular weight is 397 g/mol. The zero-order valence-corrected chi connectivity index (χ0v) is 16.3. The first kappa shape index (κ1) is 18.4. The molecule has 3 aromatic rings. The summed E-state index contributed by atoms with van der Waals surface area (Å²) in [6, 6.07) is 16.1. The van der Waals surface area contributed by atoms with E-state index in [2.05, 4.69) is 31.5 Å². The monoisotopic (exact) mass is 396 g/mol. The van der Waals surface area contributed by atoms with Crippen LogP contribution in [0.1, 0.15) is 5.56 Å². The Bertz CT molecular complexity index is 895. The van der Waals surface area contributed by atoms with Crippen molar-refractivity contribution in [3.63, 3.8) is 0 Å². The predicted molar refractivity (Wildman–Crippen MR) is 106 cm³/mol. The van der Waals surface area contributed by atoms with Crippen molar-refractivity contribution in [1.29, 1.82) is 0 Å². The van der Waals surface area contributed by atoms with Gasteiger partial charge in [0.2, 0.25) is 11.1 Å². The minimum Gasteiger partial charge on any atom is -0.334 e. The molecular weight excluding hydrogens is 374 g/mol. The van der Waals surface area contributed by atoms with Gasteiger partial charge in [0.25, 0.3) is 5.82 Å². The Hall–Kier alpha value is -2.94. The molecule has 0 saturated carbocycles. The van der Waals surface area contributed by atoms with Crippen molar-refractivity contribution in [3.05, 3.63) is 60.3 Å². The van der Waals surface area contributed by atoms with Gasteiger partial charge < -0.3 is 4.90 Å². The number of carbonyl (C=O) groups is 1. The van der Waals surface area contributed by atoms with Crippen molar-refractivity contribution < 1.29 is 9.78 Å². The number of thioether (sulfide) groups is 1. The number of aromatic nitrogens is 5. The van der Waals surface area contributed by atoms with Crippen LogP contribution < -0.4 is 9.88 Å². The SMILES string of the molecule is O=C(CSc1nnnn1Cc1ccccc1)N1CCN(c2cccc[nH+]2)CC1. The van der Waals surface area contributed by atoms with Crippen LogP contribution in [0, 0.1) is 0 Å². The summed E-state index contributed by atoms with van der Waals surface area (Å²) >= 11 is 1.39. The molecule has 28 heavy (non-hydrogen) atoms. The molecule has 2 aromatic heterocycles. The molecule has 3 heterocycles. The van der Waals surface area contributed by atoms with E-state index in [0.717, 1.165) is 37.6 Å². The molecular formula is C19H22N7OS+. The Kier molecular flexibility index (Phi) is 5.81. The molecule has 1 saturated heterocycles. The van der Waals surface area contributed by atoms with Crippen LogP contribution in [0.2, 0.25) is 0 Å². The number of hydrogen-bond donors (Lipinski definition) is 0. The van der Waals surface area contributed by atoms with E-state index in [-0.39, 0.29) is 5.91 Å². The molecule has 0 spiro atoms. The maximum Gasteiger partial charge on any atom is 0.274 e. The number of H-pyrrole nitrogens is 1. The fourth-order valence-electron chi connectivity index (χ4n) is 3.15. The topological polar surface area (TPSA) is 81.3 Å². The van der Waals surface area contributed by atoms with Crippen LogP contribution in [-0.2, 0) is 11.3 Å². The highest BCUT2D eigenvalue weighted by Gasteiger charge is 2.26. The molecule has 1 aliphatic rings. The number of carbonyl (C=O) groups excluding carboxylic acids is 1. The number of anilines is 1. The summed E-state index contributed by atoms with van der Waals surface area (Å²) in [7, 11) is 0. The Morgan fingerprint density at radius 1 is 1.04 bits per heavy atom.